The van der Waals surface area contributed by atoms with Gasteiger partial charge in [0, 0.05) is 6.42 Å². The fraction of sp³-hybridized carbons (Fsp3) is 0.789. The highest BCUT2D eigenvalue weighted by Crippen LogP contribution is 2.59. The first-order valence-electron chi connectivity index (χ1n) is 18.5. The van der Waals surface area contributed by atoms with Crippen LogP contribution >= 0.6 is 16.5 Å². The molecule has 8 nitrogen and oxygen atoms in total. The Morgan fingerprint density at radius 3 is 2.00 bits per heavy atom. The molecule has 3 fully saturated rings. The number of aliphatic hydroxyl groups is 2. The van der Waals surface area contributed by atoms with Crippen LogP contribution in [0.4, 0.5) is 0 Å². The Hall–Kier alpha value is -0.820. The first-order valence-corrected chi connectivity index (χ1v) is 20.9. The first-order chi connectivity index (χ1) is 22.6. The second kappa shape index (κ2) is 19.7. The zero-order chi connectivity index (χ0) is 35.6. The maximum Gasteiger partial charge on any atom is 0.319 e. The molecule has 0 bridgehead atoms. The van der Waals surface area contributed by atoms with Crippen LogP contribution in [0.15, 0.2) is 47.6 Å². The van der Waals surface area contributed by atoms with E-state index in [4.69, 9.17) is 18.1 Å². The predicted molar refractivity (Wildman–Crippen MR) is 197 cm³/mol. The van der Waals surface area contributed by atoms with E-state index in [-0.39, 0.29) is 35.7 Å². The normalized spacial score (nSPS) is 32.2. The first kappa shape index (κ1) is 41.6. The van der Waals surface area contributed by atoms with E-state index in [0.29, 0.717) is 30.6 Å². The molecule has 2 N–H and O–H groups in total. The van der Waals surface area contributed by atoms with Gasteiger partial charge in [-0.3, -0.25) is 9.13 Å². The smallest absolute Gasteiger partial charge is 0.319 e. The number of fused-ring (bicyclic) bond motifs is 1. The largest absolute Gasteiger partial charge is 0.393 e. The van der Waals surface area contributed by atoms with Gasteiger partial charge in [-0.25, -0.2) is 0 Å². The van der Waals surface area contributed by atoms with Gasteiger partial charge in [-0.2, -0.15) is 0 Å². The monoisotopic (exact) mass is 712 g/mol. The molecule has 3 rings (SSSR count). The van der Waals surface area contributed by atoms with Crippen LogP contribution < -0.4 is 0 Å². The second-order valence-electron chi connectivity index (χ2n) is 15.5. The molecule has 5 unspecified atom stereocenters. The summed E-state index contributed by atoms with van der Waals surface area (Å²) in [5, 5.41) is 20.5. The molecule has 0 aromatic rings. The molecule has 3 aliphatic carbocycles. The van der Waals surface area contributed by atoms with E-state index < -0.39 is 28.7 Å². The summed E-state index contributed by atoms with van der Waals surface area (Å²) in [5.74, 6) is 1.80. The quantitative estimate of drug-likeness (QED) is 0.107. The Labute approximate surface area is 292 Å². The Kier molecular flexibility index (Phi) is 17.1. The standard InChI is InChI=1S/C38H66O8P2/c1-25(2)43-47(41)45-28(6)13-16-31(17-14-29(7)46-48(42)44-26(3)4)15-12-27(5)35-20-21-36-32(11-10-22-38(35,36)9)18-19-33-23-34(39)24-37(40)30(33)8/h12,15,18-19,25-29,31,34-37,39-40,47-48H,8,10-11,13-14,16-17,20-24H2,1-7,9H3/b15-12+,32-18+,33-19-/t27-,28?,29?,31?,34-,35-,36?,37+,38-/m1/s1. The zero-order valence-electron chi connectivity index (χ0n) is 30.9. The number of rotatable bonds is 18. The third-order valence-electron chi connectivity index (χ3n) is 10.8. The summed E-state index contributed by atoms with van der Waals surface area (Å²) < 4.78 is 46.5. The lowest BCUT2D eigenvalue weighted by atomic mass is 9.61. The van der Waals surface area contributed by atoms with Crippen LogP contribution in [0.2, 0.25) is 0 Å². The molecule has 10 atom stereocenters. The summed E-state index contributed by atoms with van der Waals surface area (Å²) in [7, 11) is -5.06. The molecule has 0 heterocycles. The van der Waals surface area contributed by atoms with Crippen molar-refractivity contribution in [1.29, 1.82) is 0 Å². The van der Waals surface area contributed by atoms with Gasteiger partial charge in [0.1, 0.15) is 0 Å². The number of aliphatic hydroxyl groups excluding tert-OH is 2. The minimum absolute atomic E-state index is 0.140. The minimum atomic E-state index is -2.53. The van der Waals surface area contributed by atoms with Crippen LogP contribution in [0.1, 0.15) is 126 Å². The van der Waals surface area contributed by atoms with E-state index in [1.165, 1.54) is 31.3 Å². The van der Waals surface area contributed by atoms with Crippen LogP contribution in [-0.4, -0.2) is 46.8 Å². The maximum atomic E-state index is 12.2. The van der Waals surface area contributed by atoms with E-state index in [9.17, 15) is 19.3 Å². The van der Waals surface area contributed by atoms with Gasteiger partial charge in [0.15, 0.2) is 0 Å². The van der Waals surface area contributed by atoms with Gasteiger partial charge < -0.3 is 28.3 Å². The molecule has 0 aromatic carbocycles. The highest BCUT2D eigenvalue weighted by molar-refractivity contribution is 7.33. The molecular weight excluding hydrogens is 646 g/mol. The minimum Gasteiger partial charge on any atom is -0.393 e. The number of allylic oxidation sites excluding steroid dienone is 5. The second-order valence-corrected chi connectivity index (χ2v) is 17.5. The Morgan fingerprint density at radius 2 is 1.44 bits per heavy atom. The SMILES string of the molecule is C=C1/C(=C\C=C2/CCC[C@@]3(C)C2CC[C@@H]3[C@H](C)/C=C/C(CCC(C)O[PH](=O)OC(C)C)CCC(C)O[PH](=O)OC(C)C)C[C@@H](O)C[C@@H]1O. The molecule has 0 spiro atoms. The van der Waals surface area contributed by atoms with Gasteiger partial charge in [0.2, 0.25) is 0 Å². The fourth-order valence-electron chi connectivity index (χ4n) is 8.20. The average Bonchev–Trinajstić information content (AvgIpc) is 3.34. The van der Waals surface area contributed by atoms with Crippen molar-refractivity contribution in [2.75, 3.05) is 0 Å². The van der Waals surface area contributed by atoms with Gasteiger partial charge in [-0.05, 0) is 146 Å². The van der Waals surface area contributed by atoms with Crippen LogP contribution in [0.5, 0.6) is 0 Å². The van der Waals surface area contributed by atoms with Crippen molar-refractivity contribution < 1.29 is 37.4 Å². The lowest BCUT2D eigenvalue weighted by molar-refractivity contribution is 0.0862. The van der Waals surface area contributed by atoms with Crippen LogP contribution in [0.3, 0.4) is 0 Å². The molecule has 0 saturated heterocycles. The van der Waals surface area contributed by atoms with E-state index in [2.05, 4.69) is 44.7 Å². The highest BCUT2D eigenvalue weighted by Gasteiger charge is 2.50. The molecule has 10 heteroatoms. The maximum absolute atomic E-state index is 12.2. The summed E-state index contributed by atoms with van der Waals surface area (Å²) >= 11 is 0. The lowest BCUT2D eigenvalue weighted by Crippen LogP contribution is -2.35. The summed E-state index contributed by atoms with van der Waals surface area (Å²) in [4.78, 5) is 0. The summed E-state index contributed by atoms with van der Waals surface area (Å²) in [5.41, 5.74) is 3.43. The van der Waals surface area contributed by atoms with Crippen molar-refractivity contribution in [3.8, 4) is 0 Å². The van der Waals surface area contributed by atoms with Crippen molar-refractivity contribution >= 4 is 16.5 Å². The Bertz CT molecular complexity index is 1150. The van der Waals surface area contributed by atoms with E-state index in [0.717, 1.165) is 43.3 Å². The van der Waals surface area contributed by atoms with E-state index in [1.807, 2.05) is 41.5 Å². The van der Waals surface area contributed by atoms with Crippen molar-refractivity contribution in [2.45, 2.75) is 163 Å². The lowest BCUT2D eigenvalue weighted by Gasteiger charge is -2.44. The highest BCUT2D eigenvalue weighted by atomic mass is 31.1. The fourth-order valence-corrected chi connectivity index (χ4v) is 9.97. The molecule has 3 aliphatic rings. The van der Waals surface area contributed by atoms with Gasteiger partial charge in [0.25, 0.3) is 0 Å². The van der Waals surface area contributed by atoms with E-state index >= 15 is 0 Å². The Morgan fingerprint density at radius 1 is 0.854 bits per heavy atom. The van der Waals surface area contributed by atoms with Crippen molar-refractivity contribution in [2.24, 2.45) is 29.1 Å². The molecule has 0 amide bonds. The van der Waals surface area contributed by atoms with Gasteiger partial charge >= 0.3 is 16.5 Å². The van der Waals surface area contributed by atoms with Crippen LogP contribution in [-0.2, 0) is 27.2 Å². The molecule has 0 aromatic heterocycles. The molecule has 0 aliphatic heterocycles. The zero-order valence-corrected chi connectivity index (χ0v) is 32.9. The summed E-state index contributed by atoms with van der Waals surface area (Å²) in [6.45, 7) is 20.3. The van der Waals surface area contributed by atoms with Gasteiger partial charge in [-0.1, -0.05) is 50.3 Å². The predicted octanol–water partition coefficient (Wildman–Crippen LogP) is 9.94. The van der Waals surface area contributed by atoms with E-state index in [1.54, 1.807) is 0 Å². The molecule has 3 saturated carbocycles. The molecular formula is C38H66O8P2. The summed E-state index contributed by atoms with van der Waals surface area (Å²) in [6, 6.07) is 0. The Balaban J connectivity index is 1.68. The molecule has 276 valence electrons. The third kappa shape index (κ3) is 12.7. The third-order valence-corrected chi connectivity index (χ3v) is 13.3. The van der Waals surface area contributed by atoms with Gasteiger partial charge in [-0.15, -0.1) is 0 Å². The average molecular weight is 713 g/mol. The van der Waals surface area contributed by atoms with Crippen molar-refractivity contribution in [3.63, 3.8) is 0 Å². The van der Waals surface area contributed by atoms with Gasteiger partial charge in [0.05, 0.1) is 36.6 Å². The number of hydrogen-bond donors (Lipinski definition) is 2. The van der Waals surface area contributed by atoms with Crippen molar-refractivity contribution in [3.05, 3.63) is 47.6 Å². The van der Waals surface area contributed by atoms with Crippen molar-refractivity contribution in [1.82, 2.24) is 0 Å². The van der Waals surface area contributed by atoms with Crippen LogP contribution in [0, 0.1) is 29.1 Å². The topological polar surface area (TPSA) is 112 Å². The summed E-state index contributed by atoms with van der Waals surface area (Å²) in [6.07, 6.45) is 17.4. The molecule has 48 heavy (non-hydrogen) atoms. The number of hydrogen-bond acceptors (Lipinski definition) is 8. The van der Waals surface area contributed by atoms with Crippen LogP contribution in [0.25, 0.3) is 0 Å². The molecule has 0 radical (unpaired) electrons.